The first-order valence-electron chi connectivity index (χ1n) is 9.49. The van der Waals surface area contributed by atoms with Gasteiger partial charge < -0.3 is 19.6 Å². The van der Waals surface area contributed by atoms with Crippen molar-refractivity contribution in [3.63, 3.8) is 0 Å². The lowest BCUT2D eigenvalue weighted by Gasteiger charge is -2.22. The lowest BCUT2D eigenvalue weighted by atomic mass is 10.0. The van der Waals surface area contributed by atoms with E-state index in [1.165, 1.54) is 12.3 Å². The van der Waals surface area contributed by atoms with Crippen LogP contribution in [-0.2, 0) is 6.54 Å². The molecule has 1 atom stereocenters. The maximum atomic E-state index is 15.0. The van der Waals surface area contributed by atoms with Crippen LogP contribution in [0.5, 0.6) is 0 Å². The summed E-state index contributed by atoms with van der Waals surface area (Å²) in [7, 11) is 0. The fourth-order valence-electron chi connectivity index (χ4n) is 4.14. The maximum Gasteiger partial charge on any atom is 0.341 e. The van der Waals surface area contributed by atoms with E-state index in [9.17, 15) is 14.7 Å². The number of fused-ring (bicyclic) bond motifs is 2. The summed E-state index contributed by atoms with van der Waals surface area (Å²) in [4.78, 5) is 24.1. The first-order chi connectivity index (χ1) is 13.4. The molecular formula is C23H28FN3O3. The number of carboxylic acid groups (broad SMARTS) is 1. The van der Waals surface area contributed by atoms with Crippen LogP contribution in [0.4, 0.5) is 4.39 Å². The number of halogens is 1. The number of pyridine rings is 1. The monoisotopic (exact) mass is 413 g/mol. The second kappa shape index (κ2) is 7.72. The molecular weight excluding hydrogens is 385 g/mol. The molecule has 0 unspecified atom stereocenters. The minimum atomic E-state index is -1.28. The van der Waals surface area contributed by atoms with Crippen LogP contribution < -0.4 is 10.7 Å². The second-order valence-corrected chi connectivity index (χ2v) is 7.69. The molecule has 0 amide bonds. The molecule has 1 aliphatic carbocycles. The first kappa shape index (κ1) is 21.8. The predicted octanol–water partition coefficient (Wildman–Crippen LogP) is 4.58. The highest BCUT2D eigenvalue weighted by Crippen LogP contribution is 2.38. The number of aromatic carboxylic acids is 1. The molecule has 6 nitrogen and oxygen atoms in total. The van der Waals surface area contributed by atoms with E-state index in [0.29, 0.717) is 11.1 Å². The lowest BCUT2D eigenvalue weighted by Crippen LogP contribution is -2.30. The number of rotatable bonds is 3. The van der Waals surface area contributed by atoms with E-state index in [1.807, 2.05) is 16.8 Å². The van der Waals surface area contributed by atoms with Crippen LogP contribution in [-0.4, -0.2) is 26.8 Å². The SMILES string of the molecule is C.C.C[C@H]1NCCn2cc(-c3cc4c(cc3F)c(=O)c(C(=O)O)cn4C3CC3)cc21. The van der Waals surface area contributed by atoms with Crippen molar-refractivity contribution in [2.75, 3.05) is 6.54 Å². The minimum absolute atomic E-state index is 0. The third-order valence-electron chi connectivity index (χ3n) is 5.78. The van der Waals surface area contributed by atoms with Crippen LogP contribution in [0.1, 0.15) is 62.8 Å². The summed E-state index contributed by atoms with van der Waals surface area (Å²) in [5, 5.41) is 12.9. The molecule has 5 rings (SSSR count). The van der Waals surface area contributed by atoms with Crippen LogP contribution >= 0.6 is 0 Å². The Labute approximate surface area is 175 Å². The molecule has 1 saturated carbocycles. The van der Waals surface area contributed by atoms with Gasteiger partial charge in [0.15, 0.2) is 0 Å². The zero-order chi connectivity index (χ0) is 19.6. The molecule has 0 radical (unpaired) electrons. The number of carboxylic acids is 1. The van der Waals surface area contributed by atoms with Crippen molar-refractivity contribution < 1.29 is 14.3 Å². The van der Waals surface area contributed by atoms with E-state index in [-0.39, 0.29) is 37.9 Å². The van der Waals surface area contributed by atoms with Crippen molar-refractivity contribution in [2.24, 2.45) is 0 Å². The summed E-state index contributed by atoms with van der Waals surface area (Å²) in [6.45, 7) is 3.76. The molecule has 160 valence electrons. The zero-order valence-corrected chi connectivity index (χ0v) is 15.4. The quantitative estimate of drug-likeness (QED) is 0.659. The lowest BCUT2D eigenvalue weighted by molar-refractivity contribution is 0.0695. The van der Waals surface area contributed by atoms with E-state index < -0.39 is 17.2 Å². The summed E-state index contributed by atoms with van der Waals surface area (Å²) >= 11 is 0. The van der Waals surface area contributed by atoms with Crippen LogP contribution in [0.2, 0.25) is 0 Å². The van der Waals surface area contributed by atoms with Gasteiger partial charge in [-0.2, -0.15) is 0 Å². The molecule has 0 spiro atoms. The third kappa shape index (κ3) is 3.33. The highest BCUT2D eigenvalue weighted by atomic mass is 19.1. The van der Waals surface area contributed by atoms with Gasteiger partial charge in [0, 0.05) is 59.8 Å². The van der Waals surface area contributed by atoms with Crippen molar-refractivity contribution in [1.82, 2.24) is 14.5 Å². The number of benzene rings is 1. The zero-order valence-electron chi connectivity index (χ0n) is 15.4. The molecule has 3 heterocycles. The molecule has 0 bridgehead atoms. The molecule has 1 aliphatic heterocycles. The summed E-state index contributed by atoms with van der Waals surface area (Å²) in [6.07, 6.45) is 5.20. The van der Waals surface area contributed by atoms with Crippen molar-refractivity contribution >= 4 is 16.9 Å². The van der Waals surface area contributed by atoms with E-state index in [1.54, 1.807) is 6.07 Å². The molecule has 2 aromatic heterocycles. The Morgan fingerprint density at radius 1 is 1.20 bits per heavy atom. The Bertz CT molecular complexity index is 1190. The predicted molar refractivity (Wildman–Crippen MR) is 117 cm³/mol. The summed E-state index contributed by atoms with van der Waals surface area (Å²) in [5.41, 5.74) is 1.93. The molecule has 2 aliphatic rings. The van der Waals surface area contributed by atoms with E-state index in [4.69, 9.17) is 0 Å². The van der Waals surface area contributed by atoms with Crippen LogP contribution in [0, 0.1) is 5.82 Å². The highest BCUT2D eigenvalue weighted by molar-refractivity contribution is 5.94. The van der Waals surface area contributed by atoms with Gasteiger partial charge in [0.05, 0.1) is 5.52 Å². The van der Waals surface area contributed by atoms with Gasteiger partial charge in [-0.1, -0.05) is 14.9 Å². The largest absolute Gasteiger partial charge is 0.477 e. The Balaban J connectivity index is 0.00000128. The highest BCUT2D eigenvalue weighted by Gasteiger charge is 2.28. The third-order valence-corrected chi connectivity index (χ3v) is 5.78. The average Bonchev–Trinajstić information content (AvgIpc) is 3.40. The van der Waals surface area contributed by atoms with Gasteiger partial charge in [-0.05, 0) is 38.0 Å². The molecule has 1 aromatic carbocycles. The van der Waals surface area contributed by atoms with Crippen molar-refractivity contribution in [2.45, 2.75) is 53.2 Å². The van der Waals surface area contributed by atoms with Gasteiger partial charge in [0.1, 0.15) is 11.4 Å². The normalized spacial score (nSPS) is 17.7. The molecule has 3 aromatic rings. The molecule has 30 heavy (non-hydrogen) atoms. The maximum absolute atomic E-state index is 15.0. The standard InChI is InChI=1S/C21H20FN3O3.2CH4/c1-11-18-6-12(9-24(18)5-4-23-11)14-8-19-15(7-17(14)22)20(26)16(21(27)28)10-25(19)13-2-3-13;;/h6-11,13,23H,2-5H2,1H3,(H,27,28);2*1H4/t11-;;/m1../s1. The van der Waals surface area contributed by atoms with E-state index in [0.717, 1.165) is 37.2 Å². The van der Waals surface area contributed by atoms with Crippen LogP contribution in [0.3, 0.4) is 0 Å². The van der Waals surface area contributed by atoms with E-state index in [2.05, 4.69) is 16.8 Å². The fourth-order valence-corrected chi connectivity index (χ4v) is 4.14. The number of carbonyl (C=O) groups is 1. The number of aromatic nitrogens is 2. The number of hydrogen-bond acceptors (Lipinski definition) is 3. The fraction of sp³-hybridized carbons (Fsp3) is 0.391. The van der Waals surface area contributed by atoms with Gasteiger partial charge in [0.25, 0.3) is 0 Å². The van der Waals surface area contributed by atoms with Gasteiger partial charge >= 0.3 is 5.97 Å². The molecule has 7 heteroatoms. The molecule has 2 N–H and O–H groups in total. The number of nitrogens with one attached hydrogen (secondary N) is 1. The van der Waals surface area contributed by atoms with Crippen molar-refractivity contribution in [3.8, 4) is 11.1 Å². The second-order valence-electron chi connectivity index (χ2n) is 7.69. The molecule has 1 fully saturated rings. The first-order valence-corrected chi connectivity index (χ1v) is 9.49. The minimum Gasteiger partial charge on any atom is -0.477 e. The van der Waals surface area contributed by atoms with Gasteiger partial charge in [-0.25, -0.2) is 9.18 Å². The van der Waals surface area contributed by atoms with Gasteiger partial charge in [-0.15, -0.1) is 0 Å². The van der Waals surface area contributed by atoms with Crippen molar-refractivity contribution in [3.05, 3.63) is 57.9 Å². The summed E-state index contributed by atoms with van der Waals surface area (Å²) in [6, 6.07) is 5.21. The van der Waals surface area contributed by atoms with Crippen LogP contribution in [0.15, 0.2) is 35.4 Å². The van der Waals surface area contributed by atoms with Gasteiger partial charge in [-0.3, -0.25) is 4.79 Å². The topological polar surface area (TPSA) is 76.3 Å². The average molecular weight is 413 g/mol. The number of hydrogen-bond donors (Lipinski definition) is 2. The van der Waals surface area contributed by atoms with Gasteiger partial charge in [0.2, 0.25) is 5.43 Å². The Morgan fingerprint density at radius 2 is 1.93 bits per heavy atom. The Kier molecular flexibility index (Phi) is 5.60. The smallest absolute Gasteiger partial charge is 0.341 e. The van der Waals surface area contributed by atoms with E-state index >= 15 is 4.39 Å². The molecule has 0 saturated heterocycles. The summed E-state index contributed by atoms with van der Waals surface area (Å²) in [5.74, 6) is -1.80. The summed E-state index contributed by atoms with van der Waals surface area (Å²) < 4.78 is 19.0. The number of nitrogens with zero attached hydrogens (tertiary/aromatic N) is 2. The Morgan fingerprint density at radius 3 is 2.57 bits per heavy atom. The van der Waals surface area contributed by atoms with Crippen LogP contribution in [0.25, 0.3) is 22.0 Å². The Hall–Kier alpha value is -2.93. The van der Waals surface area contributed by atoms with Crippen molar-refractivity contribution in [1.29, 1.82) is 0 Å².